The van der Waals surface area contributed by atoms with E-state index in [0.717, 1.165) is 0 Å². The second-order valence-electron chi connectivity index (χ2n) is 5.01. The van der Waals surface area contributed by atoms with Crippen LogP contribution in [0.4, 0.5) is 4.39 Å². The standard InChI is InChI=1S/C16H14FN3O4/c17-10-3-5-11(6-4-10)20-8-13(22)15(19-20)16(23)18-12(9-21)14-2-1-7-24-14/h1-8,12,21-22H,9H2,(H,18,23). The number of amides is 1. The predicted octanol–water partition coefficient (Wildman–Crippen LogP) is 1.77. The third-order valence-electron chi connectivity index (χ3n) is 3.38. The molecule has 0 bridgehead atoms. The molecule has 1 amide bonds. The average Bonchev–Trinajstić information content (AvgIpc) is 3.23. The lowest BCUT2D eigenvalue weighted by Crippen LogP contribution is -2.31. The first-order chi connectivity index (χ1) is 11.6. The highest BCUT2D eigenvalue weighted by Gasteiger charge is 2.22. The smallest absolute Gasteiger partial charge is 0.276 e. The fourth-order valence-electron chi connectivity index (χ4n) is 2.18. The van der Waals surface area contributed by atoms with Gasteiger partial charge in [0.1, 0.15) is 17.6 Å². The van der Waals surface area contributed by atoms with Crippen molar-refractivity contribution in [1.29, 1.82) is 0 Å². The van der Waals surface area contributed by atoms with Crippen LogP contribution in [-0.4, -0.2) is 32.5 Å². The molecule has 3 aromatic rings. The van der Waals surface area contributed by atoms with E-state index >= 15 is 0 Å². The van der Waals surface area contributed by atoms with Gasteiger partial charge in [-0.1, -0.05) is 0 Å². The Morgan fingerprint density at radius 1 is 1.33 bits per heavy atom. The highest BCUT2D eigenvalue weighted by atomic mass is 19.1. The zero-order valence-electron chi connectivity index (χ0n) is 12.4. The second-order valence-corrected chi connectivity index (χ2v) is 5.01. The molecule has 2 heterocycles. The molecule has 3 N–H and O–H groups in total. The fourth-order valence-corrected chi connectivity index (χ4v) is 2.18. The molecule has 0 spiro atoms. The van der Waals surface area contributed by atoms with Crippen LogP contribution in [0, 0.1) is 5.82 Å². The lowest BCUT2D eigenvalue weighted by molar-refractivity contribution is 0.0899. The molecule has 3 rings (SSSR count). The van der Waals surface area contributed by atoms with Gasteiger partial charge in [0.05, 0.1) is 24.8 Å². The molecule has 0 radical (unpaired) electrons. The number of benzene rings is 1. The summed E-state index contributed by atoms with van der Waals surface area (Å²) in [5.41, 5.74) is 0.264. The minimum Gasteiger partial charge on any atom is -0.504 e. The number of furan rings is 1. The van der Waals surface area contributed by atoms with Crippen LogP contribution in [0.1, 0.15) is 22.3 Å². The number of carbonyl (C=O) groups is 1. The normalized spacial score (nSPS) is 12.1. The van der Waals surface area contributed by atoms with Crippen LogP contribution >= 0.6 is 0 Å². The van der Waals surface area contributed by atoms with Crippen molar-refractivity contribution in [2.45, 2.75) is 6.04 Å². The van der Waals surface area contributed by atoms with Gasteiger partial charge in [0.2, 0.25) is 0 Å². The van der Waals surface area contributed by atoms with E-state index in [2.05, 4.69) is 10.4 Å². The van der Waals surface area contributed by atoms with Crippen LogP contribution in [0.25, 0.3) is 5.69 Å². The molecule has 124 valence electrons. The zero-order chi connectivity index (χ0) is 17.1. The minimum absolute atomic E-state index is 0.218. The predicted molar refractivity (Wildman–Crippen MR) is 81.2 cm³/mol. The van der Waals surface area contributed by atoms with Gasteiger partial charge >= 0.3 is 0 Å². The van der Waals surface area contributed by atoms with E-state index in [-0.39, 0.29) is 18.1 Å². The van der Waals surface area contributed by atoms with Crippen molar-refractivity contribution >= 4 is 5.91 Å². The number of hydrogen-bond acceptors (Lipinski definition) is 5. The molecular weight excluding hydrogens is 317 g/mol. The molecule has 0 saturated carbocycles. The Hall–Kier alpha value is -3.13. The van der Waals surface area contributed by atoms with E-state index in [4.69, 9.17) is 4.42 Å². The summed E-state index contributed by atoms with van der Waals surface area (Å²) in [6.45, 7) is -0.376. The van der Waals surface area contributed by atoms with Crippen molar-refractivity contribution in [3.05, 3.63) is 66.1 Å². The number of rotatable bonds is 5. The van der Waals surface area contributed by atoms with Gasteiger partial charge < -0.3 is 19.9 Å². The molecule has 0 saturated heterocycles. The summed E-state index contributed by atoms with van der Waals surface area (Å²) in [5, 5.41) is 25.8. The molecule has 0 aliphatic rings. The van der Waals surface area contributed by atoms with Gasteiger partial charge in [-0.2, -0.15) is 5.10 Å². The highest BCUT2D eigenvalue weighted by Crippen LogP contribution is 2.20. The maximum absolute atomic E-state index is 13.0. The molecule has 2 aromatic heterocycles. The Balaban J connectivity index is 1.81. The van der Waals surface area contributed by atoms with E-state index in [1.54, 1.807) is 12.1 Å². The number of halogens is 1. The van der Waals surface area contributed by atoms with E-state index < -0.39 is 17.8 Å². The molecule has 7 nitrogen and oxygen atoms in total. The molecule has 1 atom stereocenters. The summed E-state index contributed by atoms with van der Waals surface area (Å²) in [6.07, 6.45) is 2.66. The monoisotopic (exact) mass is 331 g/mol. The number of nitrogens with zero attached hydrogens (tertiary/aromatic N) is 2. The molecule has 0 fully saturated rings. The number of aliphatic hydroxyl groups is 1. The summed E-state index contributed by atoms with van der Waals surface area (Å²) in [5.74, 6) is -1.04. The molecule has 0 aliphatic carbocycles. The van der Waals surface area contributed by atoms with E-state index in [9.17, 15) is 19.4 Å². The van der Waals surface area contributed by atoms with Crippen LogP contribution in [-0.2, 0) is 0 Å². The number of aromatic hydroxyl groups is 1. The van der Waals surface area contributed by atoms with Crippen molar-refractivity contribution in [2.24, 2.45) is 0 Å². The summed E-state index contributed by atoms with van der Waals surface area (Å²) in [4.78, 5) is 12.3. The number of aliphatic hydroxyl groups excluding tert-OH is 1. The van der Waals surface area contributed by atoms with Gasteiger partial charge in [-0.05, 0) is 36.4 Å². The van der Waals surface area contributed by atoms with Gasteiger partial charge in [0, 0.05) is 0 Å². The molecule has 0 aliphatic heterocycles. The van der Waals surface area contributed by atoms with Crippen LogP contribution < -0.4 is 5.32 Å². The summed E-state index contributed by atoms with van der Waals surface area (Å²) in [7, 11) is 0. The Morgan fingerprint density at radius 2 is 2.08 bits per heavy atom. The summed E-state index contributed by atoms with van der Waals surface area (Å²) < 4.78 is 19.4. The van der Waals surface area contributed by atoms with Gasteiger partial charge in [-0.25, -0.2) is 9.07 Å². The quantitative estimate of drug-likeness (QED) is 0.661. The van der Waals surface area contributed by atoms with E-state index in [0.29, 0.717) is 11.4 Å². The Labute approximate surface area is 136 Å². The minimum atomic E-state index is -0.761. The molecular formula is C16H14FN3O4. The lowest BCUT2D eigenvalue weighted by atomic mass is 10.2. The van der Waals surface area contributed by atoms with Crippen LogP contribution in [0.2, 0.25) is 0 Å². The van der Waals surface area contributed by atoms with E-state index in [1.807, 2.05) is 0 Å². The third kappa shape index (κ3) is 3.13. The van der Waals surface area contributed by atoms with Crippen molar-refractivity contribution in [2.75, 3.05) is 6.61 Å². The Bertz CT molecular complexity index is 828. The van der Waals surface area contributed by atoms with Crippen LogP contribution in [0.3, 0.4) is 0 Å². The number of aromatic nitrogens is 2. The van der Waals surface area contributed by atoms with Gasteiger partial charge in [-0.15, -0.1) is 0 Å². The van der Waals surface area contributed by atoms with Crippen molar-refractivity contribution in [1.82, 2.24) is 15.1 Å². The van der Waals surface area contributed by atoms with Crippen molar-refractivity contribution < 1.29 is 23.8 Å². The lowest BCUT2D eigenvalue weighted by Gasteiger charge is -2.12. The Morgan fingerprint density at radius 3 is 2.71 bits per heavy atom. The SMILES string of the molecule is O=C(NC(CO)c1ccco1)c1nn(-c2ccc(F)cc2)cc1O. The van der Waals surface area contributed by atoms with Crippen LogP contribution in [0.5, 0.6) is 5.75 Å². The highest BCUT2D eigenvalue weighted by molar-refractivity contribution is 5.95. The van der Waals surface area contributed by atoms with Crippen molar-refractivity contribution in [3.63, 3.8) is 0 Å². The first kappa shape index (κ1) is 15.8. The first-order valence-corrected chi connectivity index (χ1v) is 7.08. The maximum atomic E-state index is 13.0. The van der Waals surface area contributed by atoms with Crippen molar-refractivity contribution in [3.8, 4) is 11.4 Å². The third-order valence-corrected chi connectivity index (χ3v) is 3.38. The van der Waals surface area contributed by atoms with Gasteiger partial charge in [0.15, 0.2) is 11.4 Å². The maximum Gasteiger partial charge on any atom is 0.276 e. The number of carbonyl (C=O) groups excluding carboxylic acids is 1. The summed E-state index contributed by atoms with van der Waals surface area (Å²) in [6, 6.07) is 7.89. The molecule has 1 aromatic carbocycles. The fraction of sp³-hybridized carbons (Fsp3) is 0.125. The number of nitrogens with one attached hydrogen (secondary N) is 1. The number of hydrogen-bond donors (Lipinski definition) is 3. The molecule has 24 heavy (non-hydrogen) atoms. The second kappa shape index (κ2) is 6.55. The van der Waals surface area contributed by atoms with Crippen LogP contribution in [0.15, 0.2) is 53.3 Å². The molecule has 8 heteroatoms. The molecule has 1 unspecified atom stereocenters. The van der Waals surface area contributed by atoms with E-state index in [1.165, 1.54) is 41.4 Å². The first-order valence-electron chi connectivity index (χ1n) is 7.08. The van der Waals surface area contributed by atoms with Gasteiger partial charge in [-0.3, -0.25) is 4.79 Å². The average molecular weight is 331 g/mol. The largest absolute Gasteiger partial charge is 0.504 e. The Kier molecular flexibility index (Phi) is 4.30. The topological polar surface area (TPSA) is 101 Å². The summed E-state index contributed by atoms with van der Waals surface area (Å²) >= 11 is 0. The van der Waals surface area contributed by atoms with Gasteiger partial charge in [0.25, 0.3) is 5.91 Å². The zero-order valence-corrected chi connectivity index (χ0v) is 12.4.